The predicted molar refractivity (Wildman–Crippen MR) is 98.5 cm³/mol. The van der Waals surface area contributed by atoms with Crippen LogP contribution in [-0.4, -0.2) is 22.3 Å². The number of aromatic nitrogens is 1. The molecule has 0 fully saturated rings. The molecule has 5 heteroatoms. The largest absolute Gasteiger partial charge is 0.441 e. The third-order valence-corrected chi connectivity index (χ3v) is 5.83. The average molecular weight is 352 g/mol. The molecule has 1 unspecified atom stereocenters. The van der Waals surface area contributed by atoms with Crippen molar-refractivity contribution in [3.63, 3.8) is 0 Å². The molecule has 1 aliphatic heterocycles. The van der Waals surface area contributed by atoms with Gasteiger partial charge in [0.15, 0.2) is 0 Å². The van der Waals surface area contributed by atoms with Crippen LogP contribution < -0.4 is 0 Å². The maximum absolute atomic E-state index is 12.9. The summed E-state index contributed by atoms with van der Waals surface area (Å²) in [7, 11) is 0. The molecule has 0 spiro atoms. The van der Waals surface area contributed by atoms with Crippen LogP contribution >= 0.6 is 11.3 Å². The molecule has 1 aromatic carbocycles. The van der Waals surface area contributed by atoms with Gasteiger partial charge in [-0.05, 0) is 49.4 Å². The number of carbonyl (C=O) groups is 1. The summed E-state index contributed by atoms with van der Waals surface area (Å²) in [6.07, 6.45) is 1.22. The van der Waals surface area contributed by atoms with E-state index >= 15 is 0 Å². The lowest BCUT2D eigenvalue weighted by Crippen LogP contribution is -2.39. The van der Waals surface area contributed by atoms with Crippen LogP contribution in [0.15, 0.2) is 46.2 Å². The maximum Gasteiger partial charge on any atom is 0.229 e. The quantitative estimate of drug-likeness (QED) is 0.702. The monoisotopic (exact) mass is 352 g/mol. The number of hydrogen-bond acceptors (Lipinski definition) is 4. The first kappa shape index (κ1) is 16.1. The molecule has 0 aliphatic carbocycles. The highest BCUT2D eigenvalue weighted by Gasteiger charge is 2.29. The number of carbonyl (C=O) groups excluding carboxylic acids is 1. The third kappa shape index (κ3) is 3.00. The van der Waals surface area contributed by atoms with Crippen molar-refractivity contribution in [1.82, 2.24) is 9.88 Å². The number of nitrogens with zero attached hydrogens (tertiary/aromatic N) is 2. The molecule has 4 nitrogen and oxygen atoms in total. The second-order valence-electron chi connectivity index (χ2n) is 6.38. The summed E-state index contributed by atoms with van der Waals surface area (Å²) in [6, 6.07) is 12.0. The Morgan fingerprint density at radius 1 is 1.32 bits per heavy atom. The van der Waals surface area contributed by atoms with Gasteiger partial charge in [-0.25, -0.2) is 4.98 Å². The molecular weight excluding hydrogens is 332 g/mol. The minimum absolute atomic E-state index is 0.111. The fourth-order valence-electron chi connectivity index (χ4n) is 3.39. The molecule has 3 heterocycles. The summed E-state index contributed by atoms with van der Waals surface area (Å²) < 4.78 is 5.78. The fourth-order valence-corrected chi connectivity index (χ4v) is 4.35. The van der Waals surface area contributed by atoms with Gasteiger partial charge in [-0.3, -0.25) is 4.79 Å². The van der Waals surface area contributed by atoms with Crippen molar-refractivity contribution < 1.29 is 9.21 Å². The van der Waals surface area contributed by atoms with Crippen molar-refractivity contribution >= 4 is 17.2 Å². The van der Waals surface area contributed by atoms with Crippen LogP contribution in [0.5, 0.6) is 0 Å². The van der Waals surface area contributed by atoms with E-state index in [4.69, 9.17) is 4.42 Å². The van der Waals surface area contributed by atoms with Crippen LogP contribution in [0, 0.1) is 6.92 Å². The Morgan fingerprint density at radius 2 is 2.12 bits per heavy atom. The van der Waals surface area contributed by atoms with Crippen LogP contribution in [0.25, 0.3) is 11.5 Å². The summed E-state index contributed by atoms with van der Waals surface area (Å²) in [5.41, 5.74) is 2.94. The Kier molecular flexibility index (Phi) is 4.17. The van der Waals surface area contributed by atoms with Gasteiger partial charge in [0, 0.05) is 17.0 Å². The van der Waals surface area contributed by atoms with E-state index in [9.17, 15) is 4.79 Å². The predicted octanol–water partition coefficient (Wildman–Crippen LogP) is 4.40. The molecule has 2 aromatic heterocycles. The maximum atomic E-state index is 12.9. The van der Waals surface area contributed by atoms with Gasteiger partial charge < -0.3 is 9.32 Å². The van der Waals surface area contributed by atoms with E-state index < -0.39 is 0 Å². The molecule has 3 aromatic rings. The molecule has 1 amide bonds. The van der Waals surface area contributed by atoms with E-state index in [1.807, 2.05) is 42.2 Å². The van der Waals surface area contributed by atoms with Gasteiger partial charge in [-0.1, -0.05) is 18.2 Å². The Labute approximate surface area is 151 Å². The number of fused-ring (bicyclic) bond motifs is 1. The number of benzene rings is 1. The van der Waals surface area contributed by atoms with E-state index in [0.29, 0.717) is 11.7 Å². The van der Waals surface area contributed by atoms with Gasteiger partial charge in [-0.15, -0.1) is 11.3 Å². The van der Waals surface area contributed by atoms with Gasteiger partial charge in [0.25, 0.3) is 0 Å². The van der Waals surface area contributed by atoms with Crippen LogP contribution in [0.4, 0.5) is 0 Å². The molecule has 0 N–H and O–H groups in total. The van der Waals surface area contributed by atoms with Crippen molar-refractivity contribution in [2.75, 3.05) is 6.54 Å². The lowest BCUT2D eigenvalue weighted by atomic mass is 10.0. The highest BCUT2D eigenvalue weighted by molar-refractivity contribution is 7.10. The SMILES string of the molecule is Cc1oc(-c2ccccc2)nc1CC(=O)N1CCc2sccc2C1C. The smallest absolute Gasteiger partial charge is 0.229 e. The zero-order chi connectivity index (χ0) is 17.4. The fraction of sp³-hybridized carbons (Fsp3) is 0.300. The molecule has 128 valence electrons. The Hall–Kier alpha value is -2.40. The second-order valence-corrected chi connectivity index (χ2v) is 7.38. The minimum Gasteiger partial charge on any atom is -0.441 e. The van der Waals surface area contributed by atoms with Crippen LogP contribution in [-0.2, 0) is 17.6 Å². The number of oxazole rings is 1. The second kappa shape index (κ2) is 6.48. The molecular formula is C20H20N2O2S. The highest BCUT2D eigenvalue weighted by Crippen LogP contribution is 2.33. The average Bonchev–Trinajstić information content (AvgIpc) is 3.24. The third-order valence-electron chi connectivity index (χ3n) is 4.83. The molecule has 1 aliphatic rings. The molecule has 4 rings (SSSR count). The number of aryl methyl sites for hydroxylation is 1. The lowest BCUT2D eigenvalue weighted by Gasteiger charge is -2.33. The molecule has 0 bridgehead atoms. The normalized spacial score (nSPS) is 16.7. The van der Waals surface area contributed by atoms with Gasteiger partial charge in [-0.2, -0.15) is 0 Å². The summed E-state index contributed by atoms with van der Waals surface area (Å²) >= 11 is 1.78. The van der Waals surface area contributed by atoms with E-state index in [1.54, 1.807) is 11.3 Å². The first-order valence-corrected chi connectivity index (χ1v) is 9.39. The molecule has 1 atom stereocenters. The highest BCUT2D eigenvalue weighted by atomic mass is 32.1. The van der Waals surface area contributed by atoms with E-state index in [0.717, 1.165) is 24.2 Å². The van der Waals surface area contributed by atoms with Crippen LogP contribution in [0.1, 0.15) is 34.9 Å². The number of amides is 1. The summed E-state index contributed by atoms with van der Waals surface area (Å²) in [5, 5.41) is 2.11. The van der Waals surface area contributed by atoms with E-state index in [2.05, 4.69) is 23.4 Å². The van der Waals surface area contributed by atoms with Crippen molar-refractivity contribution in [3.05, 3.63) is 63.7 Å². The van der Waals surface area contributed by atoms with E-state index in [-0.39, 0.29) is 18.4 Å². The van der Waals surface area contributed by atoms with Crippen LogP contribution in [0.2, 0.25) is 0 Å². The zero-order valence-corrected chi connectivity index (χ0v) is 15.2. The van der Waals surface area contributed by atoms with Crippen molar-refractivity contribution in [2.24, 2.45) is 0 Å². The van der Waals surface area contributed by atoms with Crippen LogP contribution in [0.3, 0.4) is 0 Å². The van der Waals surface area contributed by atoms with E-state index in [1.165, 1.54) is 10.4 Å². The number of thiophene rings is 1. The Balaban J connectivity index is 1.53. The Bertz CT molecular complexity index is 898. The van der Waals surface area contributed by atoms with Gasteiger partial charge >= 0.3 is 0 Å². The molecule has 25 heavy (non-hydrogen) atoms. The Morgan fingerprint density at radius 3 is 2.92 bits per heavy atom. The zero-order valence-electron chi connectivity index (χ0n) is 14.4. The lowest BCUT2D eigenvalue weighted by molar-refractivity contribution is -0.133. The van der Waals surface area contributed by atoms with Crippen molar-refractivity contribution in [2.45, 2.75) is 32.7 Å². The summed E-state index contributed by atoms with van der Waals surface area (Å²) in [4.78, 5) is 20.8. The first-order chi connectivity index (χ1) is 12.1. The summed E-state index contributed by atoms with van der Waals surface area (Å²) in [5.74, 6) is 1.40. The van der Waals surface area contributed by atoms with Crippen molar-refractivity contribution in [3.8, 4) is 11.5 Å². The van der Waals surface area contributed by atoms with Gasteiger partial charge in [0.2, 0.25) is 11.8 Å². The van der Waals surface area contributed by atoms with Gasteiger partial charge in [0.1, 0.15) is 5.76 Å². The van der Waals surface area contributed by atoms with Gasteiger partial charge in [0.05, 0.1) is 18.2 Å². The first-order valence-electron chi connectivity index (χ1n) is 8.51. The summed E-state index contributed by atoms with van der Waals surface area (Å²) in [6.45, 7) is 4.75. The molecule has 0 saturated heterocycles. The molecule has 0 radical (unpaired) electrons. The standard InChI is InChI=1S/C20H20N2O2S/c1-13-16-9-11-25-18(16)8-10-22(13)19(23)12-17-14(2)24-20(21-17)15-6-4-3-5-7-15/h3-7,9,11,13H,8,10,12H2,1-2H3. The number of rotatable bonds is 3. The topological polar surface area (TPSA) is 46.3 Å². The number of hydrogen-bond donors (Lipinski definition) is 0. The minimum atomic E-state index is 0.111. The molecule has 0 saturated carbocycles. The van der Waals surface area contributed by atoms with Crippen molar-refractivity contribution in [1.29, 1.82) is 0 Å².